The second-order valence-electron chi connectivity index (χ2n) is 5.20. The highest BCUT2D eigenvalue weighted by atomic mass is 16.2. The number of benzene rings is 3. The van der Waals surface area contributed by atoms with Crippen LogP contribution >= 0.6 is 0 Å². The number of anilines is 1. The molecule has 0 fully saturated rings. The number of carbonyl (C=O) groups excluding carboxylic acids is 1. The van der Waals surface area contributed by atoms with Crippen LogP contribution < -0.4 is 5.32 Å². The summed E-state index contributed by atoms with van der Waals surface area (Å²) in [5.74, 6) is 0. The molecule has 1 amide bonds. The standard InChI is InChI=1S/C19H14N2O/c22-19(21-13-12-15-7-2-4-11-18(15)21)20-17-10-5-8-14-6-1-3-9-16(14)17/h1-13H,(H,20,22). The van der Waals surface area contributed by atoms with E-state index in [-0.39, 0.29) is 6.03 Å². The molecule has 0 radical (unpaired) electrons. The normalized spacial score (nSPS) is 10.9. The largest absolute Gasteiger partial charge is 0.330 e. The van der Waals surface area contributed by atoms with E-state index in [1.807, 2.05) is 72.8 Å². The van der Waals surface area contributed by atoms with E-state index in [1.165, 1.54) is 0 Å². The summed E-state index contributed by atoms with van der Waals surface area (Å²) in [6.45, 7) is 0. The fourth-order valence-electron chi connectivity index (χ4n) is 2.77. The van der Waals surface area contributed by atoms with E-state index < -0.39 is 0 Å². The van der Waals surface area contributed by atoms with Gasteiger partial charge >= 0.3 is 6.03 Å². The predicted molar refractivity (Wildman–Crippen MR) is 90.3 cm³/mol. The van der Waals surface area contributed by atoms with E-state index in [2.05, 4.69) is 5.32 Å². The highest BCUT2D eigenvalue weighted by Gasteiger charge is 2.10. The summed E-state index contributed by atoms with van der Waals surface area (Å²) in [7, 11) is 0. The zero-order valence-electron chi connectivity index (χ0n) is 11.9. The van der Waals surface area contributed by atoms with Gasteiger partial charge in [0.15, 0.2) is 0 Å². The molecule has 0 aliphatic carbocycles. The van der Waals surface area contributed by atoms with Gasteiger partial charge in [0.2, 0.25) is 0 Å². The molecular weight excluding hydrogens is 272 g/mol. The highest BCUT2D eigenvalue weighted by Crippen LogP contribution is 2.23. The smallest absolute Gasteiger partial charge is 0.307 e. The van der Waals surface area contributed by atoms with Crippen molar-refractivity contribution in [3.63, 3.8) is 0 Å². The van der Waals surface area contributed by atoms with Crippen LogP contribution in [0.25, 0.3) is 21.7 Å². The quantitative estimate of drug-likeness (QED) is 0.532. The van der Waals surface area contributed by atoms with Crippen LogP contribution in [0.15, 0.2) is 79.0 Å². The molecule has 0 unspecified atom stereocenters. The average molecular weight is 286 g/mol. The van der Waals surface area contributed by atoms with Gasteiger partial charge in [-0.05, 0) is 23.6 Å². The van der Waals surface area contributed by atoms with Crippen molar-refractivity contribution in [2.75, 3.05) is 5.32 Å². The molecule has 1 N–H and O–H groups in total. The summed E-state index contributed by atoms with van der Waals surface area (Å²) >= 11 is 0. The number of hydrogen-bond acceptors (Lipinski definition) is 1. The predicted octanol–water partition coefficient (Wildman–Crippen LogP) is 4.87. The first-order valence-corrected chi connectivity index (χ1v) is 7.18. The number of nitrogens with zero attached hydrogens (tertiary/aromatic N) is 1. The van der Waals surface area contributed by atoms with Crippen LogP contribution in [0.4, 0.5) is 10.5 Å². The molecule has 0 spiro atoms. The van der Waals surface area contributed by atoms with Crippen molar-refractivity contribution in [2.45, 2.75) is 0 Å². The fraction of sp³-hybridized carbons (Fsp3) is 0. The van der Waals surface area contributed by atoms with Crippen LogP contribution in [0.1, 0.15) is 0 Å². The van der Waals surface area contributed by atoms with Crippen LogP contribution in [-0.2, 0) is 0 Å². The molecule has 0 aliphatic rings. The summed E-state index contributed by atoms with van der Waals surface area (Å²) in [4.78, 5) is 12.6. The van der Waals surface area contributed by atoms with Crippen molar-refractivity contribution >= 4 is 33.4 Å². The number of para-hydroxylation sites is 1. The molecule has 4 aromatic rings. The average Bonchev–Trinajstić information content (AvgIpc) is 2.99. The Morgan fingerprint density at radius 1 is 0.773 bits per heavy atom. The first-order chi connectivity index (χ1) is 10.8. The maximum absolute atomic E-state index is 12.6. The molecule has 0 aliphatic heterocycles. The topological polar surface area (TPSA) is 34.0 Å². The minimum Gasteiger partial charge on any atom is -0.307 e. The molecule has 0 saturated heterocycles. The molecule has 0 atom stereocenters. The van der Waals surface area contributed by atoms with Crippen molar-refractivity contribution in [1.82, 2.24) is 4.57 Å². The Morgan fingerprint density at radius 2 is 1.50 bits per heavy atom. The Bertz CT molecular complexity index is 979. The monoisotopic (exact) mass is 286 g/mol. The molecule has 3 aromatic carbocycles. The van der Waals surface area contributed by atoms with Gasteiger partial charge in [-0.25, -0.2) is 4.79 Å². The SMILES string of the molecule is O=C(Nc1cccc2ccccc12)n1ccc2ccccc21. The third kappa shape index (κ3) is 2.04. The van der Waals surface area contributed by atoms with Gasteiger partial charge in [0.05, 0.1) is 11.2 Å². The maximum Gasteiger partial charge on any atom is 0.330 e. The number of carbonyl (C=O) groups is 1. The Balaban J connectivity index is 1.75. The van der Waals surface area contributed by atoms with Crippen molar-refractivity contribution in [2.24, 2.45) is 0 Å². The molecule has 3 nitrogen and oxygen atoms in total. The van der Waals surface area contributed by atoms with Crippen molar-refractivity contribution in [3.05, 3.63) is 79.0 Å². The van der Waals surface area contributed by atoms with E-state index >= 15 is 0 Å². The van der Waals surface area contributed by atoms with Gasteiger partial charge in [0.25, 0.3) is 0 Å². The molecule has 1 aromatic heterocycles. The summed E-state index contributed by atoms with van der Waals surface area (Å²) < 4.78 is 1.64. The van der Waals surface area contributed by atoms with E-state index in [0.29, 0.717) is 0 Å². The maximum atomic E-state index is 12.6. The Hall–Kier alpha value is -3.07. The number of amides is 1. The minimum atomic E-state index is -0.155. The summed E-state index contributed by atoms with van der Waals surface area (Å²) in [6, 6.07) is 23.6. The van der Waals surface area contributed by atoms with Gasteiger partial charge in [0, 0.05) is 17.0 Å². The first-order valence-electron chi connectivity index (χ1n) is 7.18. The van der Waals surface area contributed by atoms with Crippen LogP contribution in [0.2, 0.25) is 0 Å². The van der Waals surface area contributed by atoms with Gasteiger partial charge in [-0.1, -0.05) is 54.6 Å². The number of hydrogen-bond donors (Lipinski definition) is 1. The summed E-state index contributed by atoms with van der Waals surface area (Å²) in [5.41, 5.74) is 1.72. The van der Waals surface area contributed by atoms with E-state index in [9.17, 15) is 4.79 Å². The third-order valence-corrected chi connectivity index (χ3v) is 3.85. The lowest BCUT2D eigenvalue weighted by Gasteiger charge is -2.10. The lowest BCUT2D eigenvalue weighted by atomic mass is 10.1. The molecule has 1 heterocycles. The Labute approximate surface area is 127 Å². The Morgan fingerprint density at radius 3 is 2.41 bits per heavy atom. The number of fused-ring (bicyclic) bond motifs is 2. The number of rotatable bonds is 1. The zero-order chi connectivity index (χ0) is 14.9. The van der Waals surface area contributed by atoms with Crippen LogP contribution in [-0.4, -0.2) is 10.6 Å². The third-order valence-electron chi connectivity index (χ3n) is 3.85. The van der Waals surface area contributed by atoms with Crippen LogP contribution in [0.3, 0.4) is 0 Å². The number of aromatic nitrogens is 1. The van der Waals surface area contributed by atoms with E-state index in [4.69, 9.17) is 0 Å². The van der Waals surface area contributed by atoms with E-state index in [1.54, 1.807) is 10.8 Å². The fourth-order valence-corrected chi connectivity index (χ4v) is 2.77. The van der Waals surface area contributed by atoms with Crippen molar-refractivity contribution in [1.29, 1.82) is 0 Å². The first kappa shape index (κ1) is 12.7. The molecule has 4 rings (SSSR count). The second kappa shape index (κ2) is 5.04. The van der Waals surface area contributed by atoms with Gasteiger partial charge in [0.1, 0.15) is 0 Å². The molecule has 0 bridgehead atoms. The molecule has 22 heavy (non-hydrogen) atoms. The lowest BCUT2D eigenvalue weighted by molar-refractivity contribution is 0.254. The van der Waals surface area contributed by atoms with Gasteiger partial charge in [-0.3, -0.25) is 4.57 Å². The summed E-state index contributed by atoms with van der Waals surface area (Å²) in [5, 5.41) is 6.20. The molecule has 3 heteroatoms. The highest BCUT2D eigenvalue weighted by molar-refractivity contribution is 6.04. The summed E-state index contributed by atoms with van der Waals surface area (Å²) in [6.07, 6.45) is 1.80. The van der Waals surface area contributed by atoms with E-state index in [0.717, 1.165) is 27.4 Å². The molecule has 106 valence electrons. The Kier molecular flexibility index (Phi) is 2.90. The number of nitrogens with one attached hydrogen (secondary N) is 1. The zero-order valence-corrected chi connectivity index (χ0v) is 11.9. The second-order valence-corrected chi connectivity index (χ2v) is 5.20. The van der Waals surface area contributed by atoms with Gasteiger partial charge in [-0.2, -0.15) is 0 Å². The minimum absolute atomic E-state index is 0.155. The van der Waals surface area contributed by atoms with Crippen LogP contribution in [0, 0.1) is 0 Å². The van der Waals surface area contributed by atoms with Crippen molar-refractivity contribution in [3.8, 4) is 0 Å². The van der Waals surface area contributed by atoms with Crippen molar-refractivity contribution < 1.29 is 4.79 Å². The molecular formula is C19H14N2O. The molecule has 0 saturated carbocycles. The van der Waals surface area contributed by atoms with Crippen LogP contribution in [0.5, 0.6) is 0 Å². The van der Waals surface area contributed by atoms with Gasteiger partial charge in [-0.15, -0.1) is 0 Å². The van der Waals surface area contributed by atoms with Gasteiger partial charge < -0.3 is 5.32 Å². The lowest BCUT2D eigenvalue weighted by Crippen LogP contribution is -2.18.